The molecule has 0 N–H and O–H groups in total. The van der Waals surface area contributed by atoms with Crippen LogP contribution in [0.4, 0.5) is 0 Å². The molecule has 1 atom stereocenters. The van der Waals surface area contributed by atoms with E-state index >= 15 is 0 Å². The fourth-order valence-electron chi connectivity index (χ4n) is 1.24. The van der Waals surface area contributed by atoms with E-state index in [4.69, 9.17) is 27.9 Å². The second-order valence-corrected chi connectivity index (χ2v) is 3.66. The van der Waals surface area contributed by atoms with Crippen molar-refractivity contribution in [3.05, 3.63) is 0 Å². The summed E-state index contributed by atoms with van der Waals surface area (Å²) in [6.45, 7) is 3.12. The number of carbonyl (C=O) groups is 1. The maximum absolute atomic E-state index is 11.3. The van der Waals surface area contributed by atoms with E-state index < -0.39 is 4.84 Å². The first kappa shape index (κ1) is 10.1. The summed E-state index contributed by atoms with van der Waals surface area (Å²) in [4.78, 5) is 11.9. The molecule has 1 saturated heterocycles. The average molecular weight is 212 g/mol. The summed E-state index contributed by atoms with van der Waals surface area (Å²) in [5.74, 6) is -0.261. The zero-order valence-electron chi connectivity index (χ0n) is 6.80. The van der Waals surface area contributed by atoms with Crippen molar-refractivity contribution in [1.82, 2.24) is 4.90 Å². The smallest absolute Gasteiger partial charge is 0.257 e. The largest absolute Gasteiger partial charge is 0.356 e. The van der Waals surface area contributed by atoms with Gasteiger partial charge in [-0.1, -0.05) is 30.1 Å². The fraction of sp³-hybridized carbons (Fsp3) is 0.857. The van der Waals surface area contributed by atoms with Crippen LogP contribution in [0.25, 0.3) is 0 Å². The van der Waals surface area contributed by atoms with Gasteiger partial charge in [-0.05, 0) is 6.42 Å². The molecule has 1 heterocycles. The maximum atomic E-state index is 11.3. The minimum absolute atomic E-state index is 0.141. The van der Waals surface area contributed by atoms with Crippen molar-refractivity contribution in [3.8, 4) is 0 Å². The number of rotatable bonds is 2. The molecule has 0 aliphatic carbocycles. The average Bonchev–Trinajstić information content (AvgIpc) is 2.49. The van der Waals surface area contributed by atoms with Crippen LogP contribution >= 0.6 is 23.2 Å². The van der Waals surface area contributed by atoms with Gasteiger partial charge in [-0.15, -0.1) is 0 Å². The molecule has 1 rings (SSSR count). The molecule has 0 aromatic heterocycles. The highest BCUT2D eigenvalue weighted by atomic mass is 35.5. The molecular weight excluding hydrogens is 201 g/mol. The first-order chi connectivity index (χ1) is 5.66. The lowest BCUT2D eigenvalue weighted by atomic mass is 10.4. The Morgan fingerprint density at radius 1 is 1.75 bits per heavy atom. The number of carbonyl (C=O) groups excluding carboxylic acids is 1. The van der Waals surface area contributed by atoms with Crippen LogP contribution in [0.2, 0.25) is 0 Å². The van der Waals surface area contributed by atoms with E-state index in [-0.39, 0.29) is 12.1 Å². The highest BCUT2D eigenvalue weighted by molar-refractivity contribution is 6.53. The minimum atomic E-state index is -0.972. The lowest BCUT2D eigenvalue weighted by Gasteiger charge is -2.21. The van der Waals surface area contributed by atoms with Gasteiger partial charge in [0.2, 0.25) is 0 Å². The molecule has 0 spiro atoms. The van der Waals surface area contributed by atoms with Gasteiger partial charge in [0, 0.05) is 6.54 Å². The molecule has 1 aliphatic heterocycles. The highest BCUT2D eigenvalue weighted by Gasteiger charge is 2.30. The van der Waals surface area contributed by atoms with Gasteiger partial charge in [0.25, 0.3) is 5.91 Å². The highest BCUT2D eigenvalue weighted by Crippen LogP contribution is 2.17. The van der Waals surface area contributed by atoms with Gasteiger partial charge in [-0.25, -0.2) is 0 Å². The van der Waals surface area contributed by atoms with E-state index in [0.29, 0.717) is 13.2 Å². The molecule has 5 heteroatoms. The molecule has 0 aromatic rings. The third-order valence-electron chi connectivity index (χ3n) is 1.81. The summed E-state index contributed by atoms with van der Waals surface area (Å²) in [7, 11) is 0. The summed E-state index contributed by atoms with van der Waals surface area (Å²) in [5.41, 5.74) is 0. The second-order valence-electron chi connectivity index (χ2n) is 2.57. The lowest BCUT2D eigenvalue weighted by molar-refractivity contribution is -0.134. The van der Waals surface area contributed by atoms with E-state index in [2.05, 4.69) is 0 Å². The van der Waals surface area contributed by atoms with E-state index in [1.54, 1.807) is 4.90 Å². The zero-order chi connectivity index (χ0) is 9.14. The van der Waals surface area contributed by atoms with Crippen molar-refractivity contribution in [2.45, 2.75) is 24.4 Å². The molecule has 1 unspecified atom stereocenters. The van der Waals surface area contributed by atoms with Crippen LogP contribution in [0.1, 0.15) is 13.3 Å². The molecule has 3 nitrogen and oxygen atoms in total. The molecule has 0 aromatic carbocycles. The maximum Gasteiger partial charge on any atom is 0.257 e. The quantitative estimate of drug-likeness (QED) is 0.647. The Bertz CT molecular complexity index is 175. The van der Waals surface area contributed by atoms with Gasteiger partial charge >= 0.3 is 0 Å². The summed E-state index contributed by atoms with van der Waals surface area (Å²) in [6.07, 6.45) is 0.629. The predicted molar refractivity (Wildman–Crippen MR) is 47.2 cm³/mol. The van der Waals surface area contributed by atoms with Crippen molar-refractivity contribution in [2.24, 2.45) is 0 Å². The molecule has 12 heavy (non-hydrogen) atoms. The van der Waals surface area contributed by atoms with Gasteiger partial charge in [-0.2, -0.15) is 0 Å². The van der Waals surface area contributed by atoms with Gasteiger partial charge in [0.15, 0.2) is 4.84 Å². The third-order valence-corrected chi connectivity index (χ3v) is 2.18. The number of hydrogen-bond donors (Lipinski definition) is 0. The van der Waals surface area contributed by atoms with Gasteiger partial charge in [0.05, 0.1) is 6.61 Å². The number of halogens is 2. The van der Waals surface area contributed by atoms with Crippen LogP contribution in [0.5, 0.6) is 0 Å². The van der Waals surface area contributed by atoms with Crippen LogP contribution in [-0.2, 0) is 9.53 Å². The van der Waals surface area contributed by atoms with Crippen LogP contribution < -0.4 is 0 Å². The van der Waals surface area contributed by atoms with Crippen LogP contribution in [-0.4, -0.2) is 35.0 Å². The van der Waals surface area contributed by atoms with Crippen LogP contribution in [0.3, 0.4) is 0 Å². The number of ether oxygens (including phenoxy) is 1. The standard InChI is InChI=1S/C7H11Cl2NO2/c1-2-5-10(3-4-12-5)7(11)6(8)9/h5-6H,2-4H2,1H3. The molecule has 0 saturated carbocycles. The Hall–Kier alpha value is 0.01000. The van der Waals surface area contributed by atoms with Gasteiger partial charge in [-0.3, -0.25) is 4.79 Å². The molecule has 0 radical (unpaired) electrons. The fourth-order valence-corrected chi connectivity index (χ4v) is 1.49. The lowest BCUT2D eigenvalue weighted by Crippen LogP contribution is -2.38. The monoisotopic (exact) mass is 211 g/mol. The summed E-state index contributed by atoms with van der Waals surface area (Å²) in [6, 6.07) is 0. The Kier molecular flexibility index (Phi) is 3.62. The van der Waals surface area contributed by atoms with Crippen molar-refractivity contribution in [2.75, 3.05) is 13.2 Å². The number of alkyl halides is 2. The topological polar surface area (TPSA) is 29.5 Å². The van der Waals surface area contributed by atoms with Crippen LogP contribution in [0.15, 0.2) is 0 Å². The zero-order valence-corrected chi connectivity index (χ0v) is 8.31. The summed E-state index contributed by atoms with van der Waals surface area (Å²) < 4.78 is 5.27. The van der Waals surface area contributed by atoms with E-state index in [1.807, 2.05) is 6.92 Å². The third kappa shape index (κ3) is 2.03. The van der Waals surface area contributed by atoms with Gasteiger partial charge < -0.3 is 9.64 Å². The predicted octanol–water partition coefficient (Wildman–Crippen LogP) is 1.39. The number of amides is 1. The Morgan fingerprint density at radius 3 is 2.92 bits per heavy atom. The van der Waals surface area contributed by atoms with Crippen molar-refractivity contribution < 1.29 is 9.53 Å². The van der Waals surface area contributed by atoms with Crippen LogP contribution in [0, 0.1) is 0 Å². The minimum Gasteiger partial charge on any atom is -0.356 e. The van der Waals surface area contributed by atoms with Crippen molar-refractivity contribution in [3.63, 3.8) is 0 Å². The van der Waals surface area contributed by atoms with E-state index in [1.165, 1.54) is 0 Å². The molecule has 0 bridgehead atoms. The second kappa shape index (κ2) is 4.30. The Balaban J connectivity index is 2.55. The molecule has 1 amide bonds. The van der Waals surface area contributed by atoms with Crippen molar-refractivity contribution >= 4 is 29.1 Å². The Morgan fingerprint density at radius 2 is 2.42 bits per heavy atom. The Labute approximate surface area is 81.6 Å². The van der Waals surface area contributed by atoms with E-state index in [9.17, 15) is 4.79 Å². The summed E-state index contributed by atoms with van der Waals surface area (Å²) in [5, 5.41) is 0. The van der Waals surface area contributed by atoms with Crippen molar-refractivity contribution in [1.29, 1.82) is 0 Å². The summed E-state index contributed by atoms with van der Waals surface area (Å²) >= 11 is 10.9. The first-order valence-electron chi connectivity index (χ1n) is 3.87. The molecule has 1 aliphatic rings. The molecule has 1 fully saturated rings. The normalized spacial score (nSPS) is 23.7. The molecular formula is C7H11Cl2NO2. The first-order valence-corrected chi connectivity index (χ1v) is 4.74. The number of hydrogen-bond acceptors (Lipinski definition) is 2. The molecule has 70 valence electrons. The SMILES string of the molecule is CCC1OCCN1C(=O)C(Cl)Cl. The van der Waals surface area contributed by atoms with Gasteiger partial charge in [0.1, 0.15) is 6.23 Å². The number of nitrogens with zero attached hydrogens (tertiary/aromatic N) is 1. The van der Waals surface area contributed by atoms with E-state index in [0.717, 1.165) is 6.42 Å².